The molecule has 150 valence electrons. The number of H-pyrrole nitrogens is 1. The van der Waals surface area contributed by atoms with Crippen molar-refractivity contribution in [2.75, 3.05) is 13.7 Å². The van der Waals surface area contributed by atoms with Crippen LogP contribution in [-0.4, -0.2) is 36.0 Å². The fourth-order valence-electron chi connectivity index (χ4n) is 2.57. The monoisotopic (exact) mass is 392 g/mol. The van der Waals surface area contributed by atoms with Gasteiger partial charge in [-0.1, -0.05) is 13.8 Å². The highest BCUT2D eigenvalue weighted by molar-refractivity contribution is 5.95. The SMILES string of the molecule is COc1ccc(-c2[nH]ncc2/C=N/NC(=O)c2ccc(OCC(C)C)cc2)cc1. The van der Waals surface area contributed by atoms with Crippen LogP contribution in [0.3, 0.4) is 0 Å². The highest BCUT2D eigenvalue weighted by Crippen LogP contribution is 2.22. The number of carbonyl (C=O) groups excluding carboxylic acids is 1. The molecule has 0 bridgehead atoms. The molecule has 0 saturated carbocycles. The second-order valence-electron chi connectivity index (χ2n) is 6.86. The summed E-state index contributed by atoms with van der Waals surface area (Å²) in [7, 11) is 1.62. The van der Waals surface area contributed by atoms with Crippen molar-refractivity contribution in [3.05, 3.63) is 65.9 Å². The van der Waals surface area contributed by atoms with Gasteiger partial charge in [0.15, 0.2) is 0 Å². The highest BCUT2D eigenvalue weighted by atomic mass is 16.5. The first-order valence-electron chi connectivity index (χ1n) is 9.31. The second kappa shape index (κ2) is 9.54. The van der Waals surface area contributed by atoms with Crippen LogP contribution in [0.25, 0.3) is 11.3 Å². The van der Waals surface area contributed by atoms with Crippen LogP contribution in [0, 0.1) is 5.92 Å². The third-order valence-corrected chi connectivity index (χ3v) is 4.12. The van der Waals surface area contributed by atoms with Crippen LogP contribution in [0.1, 0.15) is 29.8 Å². The van der Waals surface area contributed by atoms with E-state index in [0.29, 0.717) is 18.1 Å². The number of aromatic nitrogens is 2. The first-order chi connectivity index (χ1) is 14.1. The van der Waals surface area contributed by atoms with Gasteiger partial charge in [0.1, 0.15) is 11.5 Å². The van der Waals surface area contributed by atoms with Gasteiger partial charge in [0.05, 0.1) is 31.8 Å². The van der Waals surface area contributed by atoms with Crippen molar-refractivity contribution in [3.8, 4) is 22.8 Å². The van der Waals surface area contributed by atoms with Gasteiger partial charge in [-0.2, -0.15) is 10.2 Å². The standard InChI is InChI=1S/C22H24N4O3/c1-15(2)14-29-20-10-6-17(7-11-20)22(27)26-24-13-18-12-23-25-21(18)16-4-8-19(28-3)9-5-16/h4-13,15H,14H2,1-3H3,(H,23,25)(H,26,27)/b24-13+. The van der Waals surface area contributed by atoms with Crippen LogP contribution in [0.4, 0.5) is 0 Å². The van der Waals surface area contributed by atoms with Gasteiger partial charge >= 0.3 is 0 Å². The van der Waals surface area contributed by atoms with E-state index < -0.39 is 0 Å². The molecule has 2 aromatic carbocycles. The maximum Gasteiger partial charge on any atom is 0.271 e. The van der Waals surface area contributed by atoms with Gasteiger partial charge in [0, 0.05) is 16.7 Å². The summed E-state index contributed by atoms with van der Waals surface area (Å²) < 4.78 is 10.8. The Morgan fingerprint density at radius 1 is 1.14 bits per heavy atom. The topological polar surface area (TPSA) is 88.6 Å². The molecule has 0 radical (unpaired) electrons. The Bertz CT molecular complexity index is 960. The summed E-state index contributed by atoms with van der Waals surface area (Å²) >= 11 is 0. The molecule has 0 aliphatic heterocycles. The number of aromatic amines is 1. The Morgan fingerprint density at radius 3 is 2.48 bits per heavy atom. The third-order valence-electron chi connectivity index (χ3n) is 4.12. The quantitative estimate of drug-likeness (QED) is 0.450. The van der Waals surface area contributed by atoms with Gasteiger partial charge in [-0.25, -0.2) is 5.43 Å². The number of hydrogen-bond acceptors (Lipinski definition) is 5. The maximum atomic E-state index is 12.3. The zero-order chi connectivity index (χ0) is 20.6. The molecule has 1 amide bonds. The van der Waals surface area contributed by atoms with Crippen molar-refractivity contribution in [2.45, 2.75) is 13.8 Å². The normalized spacial score (nSPS) is 11.0. The van der Waals surface area contributed by atoms with Crippen LogP contribution in [0.2, 0.25) is 0 Å². The molecule has 3 aromatic rings. The minimum absolute atomic E-state index is 0.300. The smallest absolute Gasteiger partial charge is 0.271 e. The van der Waals surface area contributed by atoms with Crippen molar-refractivity contribution >= 4 is 12.1 Å². The number of methoxy groups -OCH3 is 1. The van der Waals surface area contributed by atoms with Crippen molar-refractivity contribution in [3.63, 3.8) is 0 Å². The summed E-state index contributed by atoms with van der Waals surface area (Å²) in [5.41, 5.74) is 5.53. The Hall–Kier alpha value is -3.61. The number of nitrogens with one attached hydrogen (secondary N) is 2. The fourth-order valence-corrected chi connectivity index (χ4v) is 2.57. The lowest BCUT2D eigenvalue weighted by atomic mass is 10.1. The van der Waals surface area contributed by atoms with Crippen LogP contribution in [-0.2, 0) is 0 Å². The number of nitrogens with zero attached hydrogens (tertiary/aromatic N) is 2. The number of rotatable bonds is 8. The van der Waals surface area contributed by atoms with Crippen molar-refractivity contribution in [1.29, 1.82) is 0 Å². The Morgan fingerprint density at radius 2 is 1.83 bits per heavy atom. The van der Waals surface area contributed by atoms with E-state index in [0.717, 1.165) is 28.3 Å². The fraction of sp³-hybridized carbons (Fsp3) is 0.227. The van der Waals surface area contributed by atoms with E-state index in [9.17, 15) is 4.79 Å². The lowest BCUT2D eigenvalue weighted by molar-refractivity contribution is 0.0955. The van der Waals surface area contributed by atoms with Gasteiger partial charge in [-0.3, -0.25) is 9.89 Å². The molecule has 7 heteroatoms. The van der Waals surface area contributed by atoms with Gasteiger partial charge in [-0.05, 0) is 54.4 Å². The van der Waals surface area contributed by atoms with Gasteiger partial charge in [0.2, 0.25) is 0 Å². The predicted molar refractivity (Wildman–Crippen MR) is 112 cm³/mol. The Labute approximate surface area is 169 Å². The van der Waals surface area contributed by atoms with E-state index in [1.807, 2.05) is 24.3 Å². The molecule has 7 nitrogen and oxygen atoms in total. The van der Waals surface area contributed by atoms with E-state index in [4.69, 9.17) is 9.47 Å². The van der Waals surface area contributed by atoms with Gasteiger partial charge < -0.3 is 9.47 Å². The summed E-state index contributed by atoms with van der Waals surface area (Å²) in [6, 6.07) is 14.6. The van der Waals surface area contributed by atoms with E-state index in [2.05, 4.69) is 34.6 Å². The van der Waals surface area contributed by atoms with Gasteiger partial charge in [-0.15, -0.1) is 0 Å². The van der Waals surface area contributed by atoms with E-state index in [-0.39, 0.29) is 5.91 Å². The van der Waals surface area contributed by atoms with Crippen LogP contribution in [0.15, 0.2) is 59.8 Å². The average Bonchev–Trinajstić information content (AvgIpc) is 3.21. The third kappa shape index (κ3) is 5.44. The second-order valence-corrected chi connectivity index (χ2v) is 6.86. The van der Waals surface area contributed by atoms with Crippen molar-refractivity contribution in [2.24, 2.45) is 11.0 Å². The zero-order valence-corrected chi connectivity index (χ0v) is 16.7. The summed E-state index contributed by atoms with van der Waals surface area (Å²) in [4.78, 5) is 12.3. The number of carbonyl (C=O) groups is 1. The van der Waals surface area contributed by atoms with Crippen molar-refractivity contribution in [1.82, 2.24) is 15.6 Å². The number of benzene rings is 2. The van der Waals surface area contributed by atoms with Crippen LogP contribution in [0.5, 0.6) is 11.5 Å². The highest BCUT2D eigenvalue weighted by Gasteiger charge is 2.08. The van der Waals surface area contributed by atoms with Gasteiger partial charge in [0.25, 0.3) is 5.91 Å². The Balaban J connectivity index is 1.61. The molecule has 0 saturated heterocycles. The lowest BCUT2D eigenvalue weighted by Gasteiger charge is -2.08. The maximum absolute atomic E-state index is 12.3. The molecule has 0 spiro atoms. The number of hydrazone groups is 1. The minimum atomic E-state index is -0.300. The van der Waals surface area contributed by atoms with Crippen molar-refractivity contribution < 1.29 is 14.3 Å². The number of ether oxygens (including phenoxy) is 2. The molecular weight excluding hydrogens is 368 g/mol. The largest absolute Gasteiger partial charge is 0.497 e. The molecule has 1 heterocycles. The molecule has 1 aromatic heterocycles. The van der Waals surface area contributed by atoms with Crippen LogP contribution < -0.4 is 14.9 Å². The Kier molecular flexibility index (Phi) is 6.63. The molecule has 0 aliphatic carbocycles. The molecule has 3 rings (SSSR count). The number of hydrogen-bond donors (Lipinski definition) is 2. The molecule has 0 aliphatic rings. The van der Waals surface area contributed by atoms with E-state index >= 15 is 0 Å². The lowest BCUT2D eigenvalue weighted by Crippen LogP contribution is -2.17. The molecule has 0 unspecified atom stereocenters. The minimum Gasteiger partial charge on any atom is -0.497 e. The molecule has 29 heavy (non-hydrogen) atoms. The van der Waals surface area contributed by atoms with E-state index in [1.54, 1.807) is 43.8 Å². The first-order valence-corrected chi connectivity index (χ1v) is 9.31. The molecule has 0 atom stereocenters. The summed E-state index contributed by atoms with van der Waals surface area (Å²) in [5, 5.41) is 11.1. The van der Waals surface area contributed by atoms with Crippen LogP contribution >= 0.6 is 0 Å². The zero-order valence-electron chi connectivity index (χ0n) is 16.7. The molecule has 0 fully saturated rings. The summed E-state index contributed by atoms with van der Waals surface area (Å²) in [6.07, 6.45) is 3.21. The average molecular weight is 392 g/mol. The first kappa shape index (κ1) is 20.1. The number of amides is 1. The predicted octanol–water partition coefficient (Wildman–Crippen LogP) is 3.88. The van der Waals surface area contributed by atoms with E-state index in [1.165, 1.54) is 0 Å². The molecular formula is C22H24N4O3. The summed E-state index contributed by atoms with van der Waals surface area (Å²) in [6.45, 7) is 4.80. The summed E-state index contributed by atoms with van der Waals surface area (Å²) in [5.74, 6) is 1.65. The molecule has 2 N–H and O–H groups in total.